The van der Waals surface area contributed by atoms with Gasteiger partial charge >= 0.3 is 0 Å². The number of aliphatic hydroxyl groups is 1. The van der Waals surface area contributed by atoms with Crippen molar-refractivity contribution in [3.63, 3.8) is 0 Å². The third-order valence-electron chi connectivity index (χ3n) is 2.94. The maximum absolute atomic E-state index is 10.4. The molecule has 1 atom stereocenters. The summed E-state index contributed by atoms with van der Waals surface area (Å²) in [6.45, 7) is 8.66. The van der Waals surface area contributed by atoms with Gasteiger partial charge in [-0.05, 0) is 29.3 Å². The lowest BCUT2D eigenvalue weighted by molar-refractivity contribution is 0.0561. The van der Waals surface area contributed by atoms with E-state index in [9.17, 15) is 5.11 Å². The van der Waals surface area contributed by atoms with Gasteiger partial charge in [-0.2, -0.15) is 5.10 Å². The van der Waals surface area contributed by atoms with Gasteiger partial charge in [-0.25, -0.2) is 0 Å². The maximum Gasteiger partial charge on any atom is 0.0799 e. The second-order valence-corrected chi connectivity index (χ2v) is 6.19. The average Bonchev–Trinajstić information content (AvgIpc) is 2.54. The van der Waals surface area contributed by atoms with Crippen LogP contribution in [0.3, 0.4) is 0 Å². The molecule has 0 saturated heterocycles. The monoisotopic (exact) mass is 317 g/mol. The topological polar surface area (TPSA) is 50.1 Å². The van der Waals surface area contributed by atoms with Gasteiger partial charge in [-0.1, -0.05) is 20.8 Å². The highest BCUT2D eigenvalue weighted by molar-refractivity contribution is 9.10. The molecule has 0 saturated carbocycles. The minimum absolute atomic E-state index is 0.373. The maximum atomic E-state index is 10.4. The molecule has 1 heterocycles. The standard InChI is InChI=1S/C13H24BrN3O/c1-6-10-12(14)11(17(5)16-10)7-13(4,18)8-15-9(2)3/h9,15,18H,6-8H2,1-5H3. The van der Waals surface area contributed by atoms with Crippen molar-refractivity contribution >= 4 is 15.9 Å². The predicted octanol–water partition coefficient (Wildman–Crippen LogP) is 2.04. The van der Waals surface area contributed by atoms with Crippen molar-refractivity contribution in [2.45, 2.75) is 52.2 Å². The van der Waals surface area contributed by atoms with Gasteiger partial charge in [0.05, 0.1) is 21.5 Å². The van der Waals surface area contributed by atoms with Crippen LogP contribution in [0.25, 0.3) is 0 Å². The zero-order valence-electron chi connectivity index (χ0n) is 11.9. The number of nitrogens with one attached hydrogen (secondary N) is 1. The Morgan fingerprint density at radius 3 is 2.56 bits per heavy atom. The summed E-state index contributed by atoms with van der Waals surface area (Å²) in [6, 6.07) is 0.373. The van der Waals surface area contributed by atoms with Crippen molar-refractivity contribution in [3.05, 3.63) is 15.9 Å². The Kier molecular flexibility index (Phi) is 5.37. The molecule has 1 rings (SSSR count). The van der Waals surface area contributed by atoms with Crippen molar-refractivity contribution in [3.8, 4) is 0 Å². The SMILES string of the molecule is CCc1nn(C)c(CC(C)(O)CNC(C)C)c1Br. The van der Waals surface area contributed by atoms with Gasteiger partial charge in [-0.3, -0.25) is 4.68 Å². The lowest BCUT2D eigenvalue weighted by Crippen LogP contribution is -2.42. The fourth-order valence-corrected chi connectivity index (χ4v) is 2.62. The minimum atomic E-state index is -0.772. The van der Waals surface area contributed by atoms with Gasteiger partial charge in [-0.15, -0.1) is 0 Å². The van der Waals surface area contributed by atoms with Gasteiger partial charge in [0.2, 0.25) is 0 Å². The Labute approximate surface area is 118 Å². The molecule has 4 nitrogen and oxygen atoms in total. The van der Waals surface area contributed by atoms with E-state index in [1.54, 1.807) is 0 Å². The van der Waals surface area contributed by atoms with E-state index in [1.807, 2.05) is 18.7 Å². The van der Waals surface area contributed by atoms with Crippen LogP contribution in [-0.2, 0) is 19.9 Å². The lowest BCUT2D eigenvalue weighted by Gasteiger charge is -2.25. The fraction of sp³-hybridized carbons (Fsp3) is 0.769. The van der Waals surface area contributed by atoms with Crippen molar-refractivity contribution in [1.82, 2.24) is 15.1 Å². The molecule has 0 aliphatic rings. The zero-order valence-corrected chi connectivity index (χ0v) is 13.5. The van der Waals surface area contributed by atoms with Crippen LogP contribution in [0, 0.1) is 0 Å². The molecular weight excluding hydrogens is 294 g/mol. The Morgan fingerprint density at radius 1 is 1.50 bits per heavy atom. The molecule has 0 spiro atoms. The Hall–Kier alpha value is -0.390. The summed E-state index contributed by atoms with van der Waals surface area (Å²) < 4.78 is 2.88. The molecule has 0 bridgehead atoms. The molecule has 104 valence electrons. The highest BCUT2D eigenvalue weighted by Gasteiger charge is 2.25. The van der Waals surface area contributed by atoms with E-state index in [2.05, 4.69) is 47.1 Å². The Balaban J connectivity index is 2.80. The van der Waals surface area contributed by atoms with Crippen LogP contribution < -0.4 is 5.32 Å². The first-order chi connectivity index (χ1) is 8.26. The van der Waals surface area contributed by atoms with Gasteiger partial charge in [0.1, 0.15) is 0 Å². The smallest absolute Gasteiger partial charge is 0.0799 e. The number of hydrogen-bond donors (Lipinski definition) is 2. The number of aryl methyl sites for hydroxylation is 2. The predicted molar refractivity (Wildman–Crippen MR) is 77.8 cm³/mol. The molecule has 0 aliphatic heterocycles. The van der Waals surface area contributed by atoms with Crippen LogP contribution in [0.15, 0.2) is 4.47 Å². The summed E-state index contributed by atoms with van der Waals surface area (Å²) in [5.74, 6) is 0. The van der Waals surface area contributed by atoms with Crippen LogP contribution >= 0.6 is 15.9 Å². The number of hydrogen-bond acceptors (Lipinski definition) is 3. The van der Waals surface area contributed by atoms with E-state index in [0.717, 1.165) is 22.3 Å². The summed E-state index contributed by atoms with van der Waals surface area (Å²) in [6.07, 6.45) is 1.47. The number of nitrogens with zero attached hydrogens (tertiary/aromatic N) is 2. The molecule has 0 radical (unpaired) electrons. The van der Waals surface area contributed by atoms with Crippen molar-refractivity contribution in [1.29, 1.82) is 0 Å². The largest absolute Gasteiger partial charge is 0.388 e. The molecule has 0 aromatic carbocycles. The lowest BCUT2D eigenvalue weighted by atomic mass is 9.99. The van der Waals surface area contributed by atoms with Crippen molar-refractivity contribution in [2.24, 2.45) is 7.05 Å². The van der Waals surface area contributed by atoms with Gasteiger partial charge in [0.15, 0.2) is 0 Å². The van der Waals surface area contributed by atoms with Crippen LogP contribution in [-0.4, -0.2) is 33.1 Å². The fourth-order valence-electron chi connectivity index (χ4n) is 1.86. The first kappa shape index (κ1) is 15.7. The van der Waals surface area contributed by atoms with Crippen LogP contribution in [0.5, 0.6) is 0 Å². The van der Waals surface area contributed by atoms with E-state index in [4.69, 9.17) is 0 Å². The van der Waals surface area contributed by atoms with Crippen molar-refractivity contribution in [2.75, 3.05) is 6.54 Å². The van der Waals surface area contributed by atoms with Crippen LogP contribution in [0.4, 0.5) is 0 Å². The van der Waals surface area contributed by atoms with Crippen molar-refractivity contribution < 1.29 is 5.11 Å². The van der Waals surface area contributed by atoms with Gasteiger partial charge < -0.3 is 10.4 Å². The Bertz CT molecular complexity index is 399. The number of aromatic nitrogens is 2. The molecule has 0 amide bonds. The highest BCUT2D eigenvalue weighted by atomic mass is 79.9. The number of rotatable bonds is 6. The third-order valence-corrected chi connectivity index (χ3v) is 3.86. The minimum Gasteiger partial charge on any atom is -0.388 e. The molecule has 1 aromatic rings. The Morgan fingerprint density at radius 2 is 2.11 bits per heavy atom. The summed E-state index contributed by atoms with van der Waals surface area (Å²) in [5, 5.41) is 18.1. The third kappa shape index (κ3) is 4.07. The summed E-state index contributed by atoms with van der Waals surface area (Å²) >= 11 is 3.58. The van der Waals surface area contributed by atoms with E-state index < -0.39 is 5.60 Å². The van der Waals surface area contributed by atoms with E-state index in [0.29, 0.717) is 19.0 Å². The molecule has 18 heavy (non-hydrogen) atoms. The first-order valence-corrected chi connectivity index (χ1v) is 7.22. The molecule has 1 aromatic heterocycles. The van der Waals surface area contributed by atoms with E-state index in [-0.39, 0.29) is 0 Å². The van der Waals surface area contributed by atoms with Crippen LogP contribution in [0.2, 0.25) is 0 Å². The molecule has 5 heteroatoms. The summed E-state index contributed by atoms with van der Waals surface area (Å²) in [5.41, 5.74) is 1.31. The molecule has 2 N–H and O–H groups in total. The second-order valence-electron chi connectivity index (χ2n) is 5.39. The van der Waals surface area contributed by atoms with E-state index >= 15 is 0 Å². The molecule has 0 fully saturated rings. The quantitative estimate of drug-likeness (QED) is 0.844. The highest BCUT2D eigenvalue weighted by Crippen LogP contribution is 2.25. The first-order valence-electron chi connectivity index (χ1n) is 6.43. The second kappa shape index (κ2) is 6.17. The summed E-state index contributed by atoms with van der Waals surface area (Å²) in [4.78, 5) is 0. The normalized spacial score (nSPS) is 15.1. The van der Waals surface area contributed by atoms with Gasteiger partial charge in [0.25, 0.3) is 0 Å². The average molecular weight is 318 g/mol. The van der Waals surface area contributed by atoms with Crippen LogP contribution in [0.1, 0.15) is 39.1 Å². The molecular formula is C13H24BrN3O. The number of halogens is 1. The molecule has 0 aliphatic carbocycles. The summed E-state index contributed by atoms with van der Waals surface area (Å²) in [7, 11) is 1.92. The van der Waals surface area contributed by atoms with Gasteiger partial charge in [0, 0.05) is 26.1 Å². The van der Waals surface area contributed by atoms with E-state index in [1.165, 1.54) is 0 Å². The molecule has 1 unspecified atom stereocenters. The zero-order chi connectivity index (χ0) is 13.9.